The summed E-state index contributed by atoms with van der Waals surface area (Å²) in [7, 11) is 0. The van der Waals surface area contributed by atoms with E-state index in [1.165, 1.54) is 12.8 Å². The number of aryl methyl sites for hydroxylation is 1. The number of hydrogen-bond donors (Lipinski definition) is 1. The van der Waals surface area contributed by atoms with Crippen molar-refractivity contribution in [3.63, 3.8) is 0 Å². The van der Waals surface area contributed by atoms with Crippen molar-refractivity contribution in [2.75, 3.05) is 6.54 Å². The molecule has 100 valence electrons. The van der Waals surface area contributed by atoms with Crippen molar-refractivity contribution in [2.45, 2.75) is 43.9 Å². The largest absolute Gasteiger partial charge is 0.469 e. The maximum Gasteiger partial charge on any atom is 0.220 e. The summed E-state index contributed by atoms with van der Waals surface area (Å²) in [6, 6.07) is 3.74. The van der Waals surface area contributed by atoms with Crippen molar-refractivity contribution in [3.05, 3.63) is 24.2 Å². The van der Waals surface area contributed by atoms with Gasteiger partial charge in [-0.2, -0.15) is 0 Å². The predicted molar refractivity (Wildman–Crippen MR) is 71.6 cm³/mol. The number of amides is 1. The minimum Gasteiger partial charge on any atom is -0.469 e. The third-order valence-corrected chi connectivity index (χ3v) is 3.88. The van der Waals surface area contributed by atoms with E-state index in [2.05, 4.69) is 5.32 Å². The summed E-state index contributed by atoms with van der Waals surface area (Å²) in [5, 5.41) is 3.29. The van der Waals surface area contributed by atoms with Crippen LogP contribution >= 0.6 is 11.6 Å². The molecule has 1 saturated carbocycles. The van der Waals surface area contributed by atoms with Crippen LogP contribution in [0.15, 0.2) is 22.8 Å². The van der Waals surface area contributed by atoms with E-state index in [0.29, 0.717) is 24.1 Å². The van der Waals surface area contributed by atoms with Crippen LogP contribution < -0.4 is 5.32 Å². The Balaban J connectivity index is 1.62. The first-order valence-electron chi connectivity index (χ1n) is 6.67. The Bertz CT molecular complexity index is 364. The fourth-order valence-corrected chi connectivity index (χ4v) is 2.86. The Hall–Kier alpha value is -0.960. The average molecular weight is 270 g/mol. The summed E-state index contributed by atoms with van der Waals surface area (Å²) in [6.07, 6.45) is 7.30. The zero-order valence-corrected chi connectivity index (χ0v) is 11.3. The Kier molecular flexibility index (Phi) is 5.12. The number of furan rings is 1. The Labute approximate surface area is 113 Å². The summed E-state index contributed by atoms with van der Waals surface area (Å²) < 4.78 is 5.19. The lowest BCUT2D eigenvalue weighted by atomic mass is 9.89. The fraction of sp³-hybridized carbons (Fsp3) is 0.643. The number of alkyl halides is 1. The third kappa shape index (κ3) is 4.37. The highest BCUT2D eigenvalue weighted by atomic mass is 35.5. The molecule has 0 aliphatic heterocycles. The van der Waals surface area contributed by atoms with E-state index in [-0.39, 0.29) is 5.91 Å². The molecule has 0 radical (unpaired) electrons. The number of carbonyl (C=O) groups excluding carboxylic acids is 1. The fourth-order valence-electron chi connectivity index (χ4n) is 2.45. The van der Waals surface area contributed by atoms with Gasteiger partial charge in [-0.1, -0.05) is 6.42 Å². The van der Waals surface area contributed by atoms with Crippen molar-refractivity contribution >= 4 is 17.5 Å². The van der Waals surface area contributed by atoms with E-state index >= 15 is 0 Å². The first kappa shape index (κ1) is 13.5. The molecule has 2 unspecified atom stereocenters. The highest BCUT2D eigenvalue weighted by molar-refractivity contribution is 6.20. The van der Waals surface area contributed by atoms with E-state index in [4.69, 9.17) is 16.0 Å². The van der Waals surface area contributed by atoms with Crippen molar-refractivity contribution in [1.29, 1.82) is 0 Å². The summed E-state index contributed by atoms with van der Waals surface area (Å²) in [5.41, 5.74) is 0. The van der Waals surface area contributed by atoms with Gasteiger partial charge in [-0.25, -0.2) is 0 Å². The maximum absolute atomic E-state index is 11.7. The van der Waals surface area contributed by atoms with Crippen molar-refractivity contribution in [2.24, 2.45) is 5.92 Å². The van der Waals surface area contributed by atoms with Gasteiger partial charge in [-0.3, -0.25) is 4.79 Å². The highest BCUT2D eigenvalue weighted by Gasteiger charge is 2.20. The lowest BCUT2D eigenvalue weighted by Gasteiger charge is -2.25. The molecule has 1 aromatic rings. The van der Waals surface area contributed by atoms with Gasteiger partial charge in [0.05, 0.1) is 6.26 Å². The molecule has 1 N–H and O–H groups in total. The second kappa shape index (κ2) is 6.83. The molecule has 1 amide bonds. The first-order chi connectivity index (χ1) is 8.74. The van der Waals surface area contributed by atoms with Crippen LogP contribution in [0, 0.1) is 5.92 Å². The maximum atomic E-state index is 11.7. The topological polar surface area (TPSA) is 42.2 Å². The number of hydrogen-bond acceptors (Lipinski definition) is 2. The van der Waals surface area contributed by atoms with Crippen LogP contribution in [0.2, 0.25) is 0 Å². The minimum atomic E-state index is 0.100. The van der Waals surface area contributed by atoms with E-state index in [1.807, 2.05) is 12.1 Å². The standard InChI is InChI=1S/C14H20ClNO2/c15-12-4-1-3-11(9-12)10-16-14(17)7-6-13-5-2-8-18-13/h2,5,8,11-12H,1,3-4,6-7,9-10H2,(H,16,17). The molecule has 0 aromatic carbocycles. The molecule has 4 heteroatoms. The van der Waals surface area contributed by atoms with Crippen molar-refractivity contribution in [3.8, 4) is 0 Å². The van der Waals surface area contributed by atoms with Crippen LogP contribution in [0.1, 0.15) is 37.9 Å². The van der Waals surface area contributed by atoms with Gasteiger partial charge in [0.15, 0.2) is 0 Å². The molecule has 1 aliphatic carbocycles. The van der Waals surface area contributed by atoms with Crippen molar-refractivity contribution in [1.82, 2.24) is 5.32 Å². The molecule has 1 aromatic heterocycles. The van der Waals surface area contributed by atoms with Gasteiger partial charge in [0, 0.05) is 24.8 Å². The molecule has 3 nitrogen and oxygen atoms in total. The molecule has 2 rings (SSSR count). The lowest BCUT2D eigenvalue weighted by molar-refractivity contribution is -0.121. The van der Waals surface area contributed by atoms with Crippen molar-refractivity contribution < 1.29 is 9.21 Å². The predicted octanol–water partition coefficient (Wildman–Crippen LogP) is 3.13. The minimum absolute atomic E-state index is 0.100. The Morgan fingerprint density at radius 3 is 3.11 bits per heavy atom. The average Bonchev–Trinajstić information content (AvgIpc) is 2.87. The molecule has 0 spiro atoms. The van der Waals surface area contributed by atoms with Gasteiger partial charge in [0.1, 0.15) is 5.76 Å². The zero-order valence-electron chi connectivity index (χ0n) is 10.5. The number of rotatable bonds is 5. The molecule has 1 heterocycles. The van der Waals surface area contributed by atoms with E-state index in [1.54, 1.807) is 6.26 Å². The van der Waals surface area contributed by atoms with E-state index in [0.717, 1.165) is 25.1 Å². The van der Waals surface area contributed by atoms with Gasteiger partial charge in [-0.05, 0) is 37.3 Å². The molecular formula is C14H20ClNO2. The number of carbonyl (C=O) groups is 1. The quantitative estimate of drug-likeness (QED) is 0.835. The summed E-state index contributed by atoms with van der Waals surface area (Å²) in [4.78, 5) is 11.7. The molecule has 18 heavy (non-hydrogen) atoms. The third-order valence-electron chi connectivity index (χ3n) is 3.49. The second-order valence-corrected chi connectivity index (χ2v) is 5.63. The van der Waals surface area contributed by atoms with E-state index in [9.17, 15) is 4.79 Å². The number of halogens is 1. The monoisotopic (exact) mass is 269 g/mol. The second-order valence-electron chi connectivity index (χ2n) is 5.01. The summed E-state index contributed by atoms with van der Waals surface area (Å²) in [5.74, 6) is 1.51. The molecule has 0 saturated heterocycles. The molecule has 2 atom stereocenters. The van der Waals surface area contributed by atoms with Gasteiger partial charge < -0.3 is 9.73 Å². The highest BCUT2D eigenvalue weighted by Crippen LogP contribution is 2.27. The Morgan fingerprint density at radius 1 is 1.50 bits per heavy atom. The molecular weight excluding hydrogens is 250 g/mol. The summed E-state index contributed by atoms with van der Waals surface area (Å²) >= 11 is 6.13. The molecule has 1 aliphatic rings. The normalized spacial score (nSPS) is 23.8. The first-order valence-corrected chi connectivity index (χ1v) is 7.11. The van der Waals surface area contributed by atoms with E-state index < -0.39 is 0 Å². The van der Waals surface area contributed by atoms with Crippen LogP contribution in [0.25, 0.3) is 0 Å². The SMILES string of the molecule is O=C(CCc1ccco1)NCC1CCCC(Cl)C1. The van der Waals surface area contributed by atoms with Crippen LogP contribution in [0.4, 0.5) is 0 Å². The van der Waals surface area contributed by atoms with Gasteiger partial charge in [0.25, 0.3) is 0 Å². The smallest absolute Gasteiger partial charge is 0.220 e. The summed E-state index contributed by atoms with van der Waals surface area (Å²) in [6.45, 7) is 0.764. The Morgan fingerprint density at radius 2 is 2.39 bits per heavy atom. The van der Waals surface area contributed by atoms with Crippen LogP contribution in [-0.2, 0) is 11.2 Å². The number of nitrogens with one attached hydrogen (secondary N) is 1. The van der Waals surface area contributed by atoms with Crippen LogP contribution in [-0.4, -0.2) is 17.8 Å². The van der Waals surface area contributed by atoms with Crippen LogP contribution in [0.3, 0.4) is 0 Å². The lowest BCUT2D eigenvalue weighted by Crippen LogP contribution is -2.32. The van der Waals surface area contributed by atoms with Crippen LogP contribution in [0.5, 0.6) is 0 Å². The van der Waals surface area contributed by atoms with Gasteiger partial charge >= 0.3 is 0 Å². The molecule has 1 fully saturated rings. The molecule has 0 bridgehead atoms. The zero-order chi connectivity index (χ0) is 12.8. The van der Waals surface area contributed by atoms with Gasteiger partial charge in [-0.15, -0.1) is 11.6 Å². The van der Waals surface area contributed by atoms with Gasteiger partial charge in [0.2, 0.25) is 5.91 Å².